The van der Waals surface area contributed by atoms with Crippen LogP contribution in [-0.2, 0) is 11.0 Å². The van der Waals surface area contributed by atoms with Gasteiger partial charge in [0.25, 0.3) is 0 Å². The zero-order valence-electron chi connectivity index (χ0n) is 8.34. The summed E-state index contributed by atoms with van der Waals surface area (Å²) in [6.45, 7) is 2.63. The fourth-order valence-corrected chi connectivity index (χ4v) is 1.65. The molecule has 0 aromatic carbocycles. The Morgan fingerprint density at radius 1 is 1.56 bits per heavy atom. The Morgan fingerprint density at radius 2 is 2.06 bits per heavy atom. The highest BCUT2D eigenvalue weighted by atomic mass is 79.9. The van der Waals surface area contributed by atoms with Crippen LogP contribution < -0.4 is 0 Å². The van der Waals surface area contributed by atoms with E-state index in [4.69, 9.17) is 5.11 Å². The van der Waals surface area contributed by atoms with E-state index in [0.29, 0.717) is 0 Å². The van der Waals surface area contributed by atoms with Crippen LogP contribution in [-0.4, -0.2) is 20.9 Å². The number of halogens is 4. The van der Waals surface area contributed by atoms with E-state index in [1.54, 1.807) is 0 Å². The van der Waals surface area contributed by atoms with Crippen molar-refractivity contribution in [1.29, 1.82) is 0 Å². The highest BCUT2D eigenvalue weighted by Gasteiger charge is 2.38. The van der Waals surface area contributed by atoms with E-state index in [1.165, 1.54) is 13.8 Å². The zero-order valence-corrected chi connectivity index (χ0v) is 9.93. The van der Waals surface area contributed by atoms with Crippen LogP contribution >= 0.6 is 15.9 Å². The van der Waals surface area contributed by atoms with Crippen LogP contribution in [0, 0.1) is 6.92 Å². The molecule has 0 aliphatic rings. The average Bonchev–Trinajstić information content (AvgIpc) is 2.42. The van der Waals surface area contributed by atoms with Crippen molar-refractivity contribution in [3.8, 4) is 0 Å². The molecule has 0 spiro atoms. The van der Waals surface area contributed by atoms with Crippen LogP contribution in [0.4, 0.5) is 13.2 Å². The van der Waals surface area contributed by atoms with Crippen molar-refractivity contribution in [3.63, 3.8) is 0 Å². The van der Waals surface area contributed by atoms with Gasteiger partial charge in [-0.15, -0.1) is 0 Å². The molecule has 4 nitrogen and oxygen atoms in total. The summed E-state index contributed by atoms with van der Waals surface area (Å²) in [5, 5.41) is 12.0. The SMILES string of the molecule is Cc1c(Br)c(C(F)(F)F)nn1[C@H](C)C(=O)O. The van der Waals surface area contributed by atoms with Crippen molar-refractivity contribution in [2.24, 2.45) is 0 Å². The van der Waals surface area contributed by atoms with Gasteiger partial charge in [0.05, 0.1) is 10.2 Å². The quantitative estimate of drug-likeness (QED) is 0.913. The fourth-order valence-electron chi connectivity index (χ4n) is 1.16. The Hall–Kier alpha value is -1.05. The van der Waals surface area contributed by atoms with Gasteiger partial charge in [-0.25, -0.2) is 4.79 Å². The summed E-state index contributed by atoms with van der Waals surface area (Å²) in [5.41, 5.74) is -0.986. The standard InChI is InChI=1S/C8H8BrF3N2O2/c1-3-5(9)6(8(10,11)12)13-14(3)4(2)7(15)16/h4H,1-2H3,(H,15,16)/t4-/m1/s1. The molecule has 1 atom stereocenters. The third-order valence-electron chi connectivity index (χ3n) is 2.07. The average molecular weight is 301 g/mol. The van der Waals surface area contributed by atoms with Crippen molar-refractivity contribution < 1.29 is 23.1 Å². The molecule has 8 heteroatoms. The van der Waals surface area contributed by atoms with Crippen molar-refractivity contribution in [3.05, 3.63) is 15.9 Å². The first-order valence-corrected chi connectivity index (χ1v) is 5.00. The summed E-state index contributed by atoms with van der Waals surface area (Å²) < 4.78 is 38.0. The second kappa shape index (κ2) is 4.08. The lowest BCUT2D eigenvalue weighted by Gasteiger charge is -2.08. The minimum Gasteiger partial charge on any atom is -0.480 e. The van der Waals surface area contributed by atoms with Gasteiger partial charge in [-0.1, -0.05) is 0 Å². The Morgan fingerprint density at radius 3 is 2.38 bits per heavy atom. The minimum absolute atomic E-state index is 0.127. The number of carbonyl (C=O) groups is 1. The van der Waals surface area contributed by atoms with Crippen LogP contribution in [0.3, 0.4) is 0 Å². The molecule has 1 aromatic heterocycles. The van der Waals surface area contributed by atoms with Crippen LogP contribution in [0.25, 0.3) is 0 Å². The maximum Gasteiger partial charge on any atom is 0.436 e. The first-order valence-electron chi connectivity index (χ1n) is 4.21. The van der Waals surface area contributed by atoms with Crippen LogP contribution in [0.5, 0.6) is 0 Å². The van der Waals surface area contributed by atoms with E-state index in [0.717, 1.165) is 4.68 Å². The molecule has 0 saturated carbocycles. The van der Waals surface area contributed by atoms with Gasteiger partial charge in [0.2, 0.25) is 0 Å². The Kier molecular flexibility index (Phi) is 3.32. The highest BCUT2D eigenvalue weighted by Crippen LogP contribution is 2.36. The van der Waals surface area contributed by atoms with Gasteiger partial charge in [-0.3, -0.25) is 4.68 Å². The van der Waals surface area contributed by atoms with Crippen LogP contribution in [0.1, 0.15) is 24.4 Å². The molecule has 0 radical (unpaired) electrons. The molecule has 1 aromatic rings. The second-order valence-electron chi connectivity index (χ2n) is 3.20. The summed E-state index contributed by atoms with van der Waals surface area (Å²) in [7, 11) is 0. The summed E-state index contributed by atoms with van der Waals surface area (Å²) >= 11 is 2.76. The largest absolute Gasteiger partial charge is 0.480 e. The van der Waals surface area contributed by atoms with E-state index in [9.17, 15) is 18.0 Å². The number of aromatic nitrogens is 2. The third-order valence-corrected chi connectivity index (χ3v) is 3.02. The smallest absolute Gasteiger partial charge is 0.436 e. The molecular weight excluding hydrogens is 293 g/mol. The first kappa shape index (κ1) is 13.0. The number of alkyl halides is 3. The number of nitrogens with zero attached hydrogens (tertiary/aromatic N) is 2. The normalized spacial score (nSPS) is 13.9. The number of rotatable bonds is 2. The van der Waals surface area contributed by atoms with Crippen molar-refractivity contribution in [1.82, 2.24) is 9.78 Å². The molecule has 0 bridgehead atoms. The molecular formula is C8H8BrF3N2O2. The second-order valence-corrected chi connectivity index (χ2v) is 4.00. The van der Waals surface area contributed by atoms with Crippen LogP contribution in [0.2, 0.25) is 0 Å². The van der Waals surface area contributed by atoms with Gasteiger partial charge in [0, 0.05) is 0 Å². The third kappa shape index (κ3) is 2.21. The molecule has 1 rings (SSSR count). The van der Waals surface area contributed by atoms with E-state index in [2.05, 4.69) is 21.0 Å². The number of hydrogen-bond acceptors (Lipinski definition) is 2. The van der Waals surface area contributed by atoms with Gasteiger partial charge in [-0.05, 0) is 29.8 Å². The Labute approximate surface area is 97.2 Å². The van der Waals surface area contributed by atoms with E-state index in [-0.39, 0.29) is 10.2 Å². The molecule has 0 aliphatic carbocycles. The van der Waals surface area contributed by atoms with Gasteiger partial charge in [0.15, 0.2) is 5.69 Å². The number of carboxylic acid groups (broad SMARTS) is 1. The van der Waals surface area contributed by atoms with Crippen molar-refractivity contribution in [2.75, 3.05) is 0 Å². The van der Waals surface area contributed by atoms with Crippen molar-refractivity contribution in [2.45, 2.75) is 26.1 Å². The molecule has 0 unspecified atom stereocenters. The minimum atomic E-state index is -4.60. The molecule has 1 N–H and O–H groups in total. The maximum atomic E-state index is 12.5. The predicted octanol–water partition coefficient (Wildman–Crippen LogP) is 2.62. The predicted molar refractivity (Wildman–Crippen MR) is 52.0 cm³/mol. The molecule has 0 aliphatic heterocycles. The number of hydrogen-bond donors (Lipinski definition) is 1. The van der Waals surface area contributed by atoms with E-state index in [1.807, 2.05) is 0 Å². The van der Waals surface area contributed by atoms with E-state index >= 15 is 0 Å². The first-order chi connectivity index (χ1) is 7.16. The summed E-state index contributed by atoms with van der Waals surface area (Å²) in [6.07, 6.45) is -4.60. The van der Waals surface area contributed by atoms with Gasteiger partial charge in [-0.2, -0.15) is 18.3 Å². The Balaban J connectivity index is 3.30. The molecule has 0 fully saturated rings. The van der Waals surface area contributed by atoms with Crippen molar-refractivity contribution >= 4 is 21.9 Å². The fraction of sp³-hybridized carbons (Fsp3) is 0.500. The maximum absolute atomic E-state index is 12.5. The zero-order chi connectivity index (χ0) is 12.7. The molecule has 1 heterocycles. The monoisotopic (exact) mass is 300 g/mol. The lowest BCUT2D eigenvalue weighted by atomic mass is 10.3. The molecule has 90 valence electrons. The summed E-state index contributed by atoms with van der Waals surface area (Å²) in [5.74, 6) is -1.24. The number of carboxylic acids is 1. The van der Waals surface area contributed by atoms with Gasteiger partial charge >= 0.3 is 12.1 Å². The topological polar surface area (TPSA) is 55.1 Å². The molecule has 0 saturated heterocycles. The lowest BCUT2D eigenvalue weighted by Crippen LogP contribution is -2.18. The summed E-state index contributed by atoms with van der Waals surface area (Å²) in [4.78, 5) is 10.7. The van der Waals surface area contributed by atoms with Gasteiger partial charge in [0.1, 0.15) is 6.04 Å². The summed E-state index contributed by atoms with van der Waals surface area (Å²) in [6, 6.07) is -1.15. The van der Waals surface area contributed by atoms with Gasteiger partial charge < -0.3 is 5.11 Å². The molecule has 0 amide bonds. The highest BCUT2D eigenvalue weighted by molar-refractivity contribution is 9.10. The number of aliphatic carboxylic acids is 1. The van der Waals surface area contributed by atoms with E-state index < -0.39 is 23.9 Å². The Bertz CT molecular complexity index is 428. The molecule has 16 heavy (non-hydrogen) atoms. The lowest BCUT2D eigenvalue weighted by molar-refractivity contribution is -0.144. The van der Waals surface area contributed by atoms with Crippen LogP contribution in [0.15, 0.2) is 4.47 Å².